The normalized spacial score (nSPS) is 19.5. The molecule has 0 aliphatic carbocycles. The Hall–Kier alpha value is -5.24. The van der Waals surface area contributed by atoms with E-state index in [9.17, 15) is 28.5 Å². The molecule has 0 saturated carbocycles. The SMILES string of the molecule is C[C@H](NC(=O)[C@@H]1CCC2CCC[C@H](NC(=O)[C@H](Cc3ccc(OP(=O)(O)O)cc3)NC(=O)OCc3ccccc3)C(=O)N21)C(=O)NCc1ccccc1. The van der Waals surface area contributed by atoms with Gasteiger partial charge in [0.2, 0.25) is 23.6 Å². The third-order valence-electron chi connectivity index (χ3n) is 9.17. The van der Waals surface area contributed by atoms with Crippen molar-refractivity contribution in [3.8, 4) is 5.75 Å². The molecule has 6 N–H and O–H groups in total. The zero-order valence-corrected chi connectivity index (χ0v) is 30.1. The molecule has 0 aromatic heterocycles. The highest BCUT2D eigenvalue weighted by atomic mass is 31.2. The predicted octanol–water partition coefficient (Wildman–Crippen LogP) is 2.85. The minimum absolute atomic E-state index is 0.0519. The van der Waals surface area contributed by atoms with Gasteiger partial charge in [-0.3, -0.25) is 29.0 Å². The van der Waals surface area contributed by atoms with E-state index in [1.807, 2.05) is 36.4 Å². The Morgan fingerprint density at radius 1 is 0.830 bits per heavy atom. The maximum Gasteiger partial charge on any atom is 0.524 e. The first kappa shape index (κ1) is 39.0. The highest BCUT2D eigenvalue weighted by molar-refractivity contribution is 7.46. The van der Waals surface area contributed by atoms with Crippen LogP contribution < -0.4 is 25.8 Å². The molecule has 3 aromatic carbocycles. The summed E-state index contributed by atoms with van der Waals surface area (Å²) in [7, 11) is -4.79. The van der Waals surface area contributed by atoms with Crippen molar-refractivity contribution >= 4 is 37.5 Å². The first-order valence-electron chi connectivity index (χ1n) is 17.4. The monoisotopic (exact) mass is 749 g/mol. The Labute approximate surface area is 307 Å². The van der Waals surface area contributed by atoms with Crippen LogP contribution in [0.15, 0.2) is 84.9 Å². The third kappa shape index (κ3) is 11.4. The molecular weight excluding hydrogens is 705 g/mol. The van der Waals surface area contributed by atoms with Crippen LogP contribution in [-0.4, -0.2) is 74.6 Å². The number of carbonyl (C=O) groups is 5. The average Bonchev–Trinajstić information content (AvgIpc) is 3.50. The molecule has 0 spiro atoms. The Morgan fingerprint density at radius 2 is 1.49 bits per heavy atom. The van der Waals surface area contributed by atoms with Crippen LogP contribution in [0.3, 0.4) is 0 Å². The van der Waals surface area contributed by atoms with Crippen molar-refractivity contribution in [2.24, 2.45) is 0 Å². The molecule has 53 heavy (non-hydrogen) atoms. The number of rotatable bonds is 14. The van der Waals surface area contributed by atoms with Crippen molar-refractivity contribution in [3.05, 3.63) is 102 Å². The van der Waals surface area contributed by atoms with E-state index in [0.717, 1.165) is 11.1 Å². The Kier molecular flexibility index (Phi) is 13.2. The molecule has 5 atom stereocenters. The zero-order chi connectivity index (χ0) is 38.0. The molecule has 0 bridgehead atoms. The van der Waals surface area contributed by atoms with Crippen LogP contribution in [0.2, 0.25) is 0 Å². The smallest absolute Gasteiger partial charge is 0.445 e. The number of carbonyl (C=O) groups excluding carboxylic acids is 5. The first-order chi connectivity index (χ1) is 25.4. The van der Waals surface area contributed by atoms with Crippen molar-refractivity contribution in [3.63, 3.8) is 0 Å². The van der Waals surface area contributed by atoms with Gasteiger partial charge in [0.15, 0.2) is 0 Å². The number of phosphoric acid groups is 1. The van der Waals surface area contributed by atoms with Crippen LogP contribution in [0.4, 0.5) is 4.79 Å². The second-order valence-electron chi connectivity index (χ2n) is 13.1. The van der Waals surface area contributed by atoms with Gasteiger partial charge in [0, 0.05) is 19.0 Å². The van der Waals surface area contributed by atoms with Crippen molar-refractivity contribution in [2.75, 3.05) is 0 Å². The summed E-state index contributed by atoms with van der Waals surface area (Å²) in [6, 6.07) is 19.8. The summed E-state index contributed by atoms with van der Waals surface area (Å²) in [5.74, 6) is -2.01. The van der Waals surface area contributed by atoms with E-state index in [-0.39, 0.29) is 30.7 Å². The van der Waals surface area contributed by atoms with Crippen LogP contribution in [-0.2, 0) is 48.1 Å². The summed E-state index contributed by atoms with van der Waals surface area (Å²) in [6.07, 6.45) is 1.60. The fraction of sp³-hybridized carbons (Fsp3) is 0.378. The lowest BCUT2D eigenvalue weighted by Gasteiger charge is -2.31. The minimum atomic E-state index is -4.79. The van der Waals surface area contributed by atoms with Crippen molar-refractivity contribution in [1.82, 2.24) is 26.2 Å². The lowest BCUT2D eigenvalue weighted by atomic mass is 10.0. The van der Waals surface area contributed by atoms with E-state index >= 15 is 0 Å². The summed E-state index contributed by atoms with van der Waals surface area (Å²) < 4.78 is 21.2. The third-order valence-corrected chi connectivity index (χ3v) is 9.62. The average molecular weight is 750 g/mol. The molecule has 2 aliphatic heterocycles. The minimum Gasteiger partial charge on any atom is -0.445 e. The van der Waals surface area contributed by atoms with Gasteiger partial charge in [-0.15, -0.1) is 0 Å². The second kappa shape index (κ2) is 18.0. The van der Waals surface area contributed by atoms with Gasteiger partial charge in [-0.2, -0.15) is 0 Å². The first-order valence-corrected chi connectivity index (χ1v) is 18.9. The highest BCUT2D eigenvalue weighted by Gasteiger charge is 2.45. The number of fused-ring (bicyclic) bond motifs is 1. The maximum atomic E-state index is 14.0. The molecule has 3 aromatic rings. The van der Waals surface area contributed by atoms with Gasteiger partial charge < -0.3 is 35.4 Å². The zero-order valence-electron chi connectivity index (χ0n) is 29.2. The van der Waals surface area contributed by atoms with E-state index in [1.165, 1.54) is 29.2 Å². The molecule has 2 fully saturated rings. The molecule has 2 heterocycles. The van der Waals surface area contributed by atoms with Crippen LogP contribution >= 0.6 is 7.82 Å². The molecule has 1 unspecified atom stereocenters. The van der Waals surface area contributed by atoms with Gasteiger partial charge in [-0.05, 0) is 67.9 Å². The molecular formula is C37H44N5O10P. The van der Waals surface area contributed by atoms with Gasteiger partial charge in [0.25, 0.3) is 0 Å². The van der Waals surface area contributed by atoms with Crippen LogP contribution in [0.1, 0.15) is 55.7 Å². The number of nitrogens with one attached hydrogen (secondary N) is 4. The molecule has 5 amide bonds. The van der Waals surface area contributed by atoms with E-state index < -0.39 is 55.8 Å². The molecule has 0 radical (unpaired) electrons. The number of benzene rings is 3. The van der Waals surface area contributed by atoms with Crippen molar-refractivity contribution < 1.29 is 47.6 Å². The molecule has 2 aliphatic rings. The van der Waals surface area contributed by atoms with Gasteiger partial charge in [0.1, 0.15) is 36.5 Å². The topological polar surface area (TPSA) is 213 Å². The second-order valence-corrected chi connectivity index (χ2v) is 14.3. The van der Waals surface area contributed by atoms with Crippen LogP contribution in [0.25, 0.3) is 0 Å². The molecule has 5 rings (SSSR count). The number of ether oxygens (including phenoxy) is 1. The van der Waals surface area contributed by atoms with Crippen LogP contribution in [0.5, 0.6) is 5.75 Å². The van der Waals surface area contributed by atoms with E-state index in [1.54, 1.807) is 31.2 Å². The number of phosphoric ester groups is 1. The number of amides is 5. The summed E-state index contributed by atoms with van der Waals surface area (Å²) in [5, 5.41) is 10.9. The predicted molar refractivity (Wildman–Crippen MR) is 192 cm³/mol. The summed E-state index contributed by atoms with van der Waals surface area (Å²) in [5.41, 5.74) is 2.15. The van der Waals surface area contributed by atoms with E-state index in [0.29, 0.717) is 44.2 Å². The van der Waals surface area contributed by atoms with Gasteiger partial charge in [0.05, 0.1) is 0 Å². The molecule has 282 valence electrons. The van der Waals surface area contributed by atoms with Crippen LogP contribution in [0, 0.1) is 0 Å². The standard InChI is InChI=1S/C37H44N5O10P/c1-24(33(43)38-22-26-9-4-2-5-10-26)39-35(45)32-20-17-28-13-8-14-30(36(46)42(28)32)40-34(44)31(41-37(47)51-23-27-11-6-3-7-12-27)21-25-15-18-29(19-16-25)52-53(48,49)50/h2-7,9-12,15-16,18-19,24,28,30-32H,8,13-14,17,20-23H2,1H3,(H,38,43)(H,39,45)(H,40,44)(H,41,47)(H2,48,49,50)/t24-,28?,30-,31-,32-/m0/s1. The highest BCUT2D eigenvalue weighted by Crippen LogP contribution is 2.37. The van der Waals surface area contributed by atoms with Gasteiger partial charge in [-0.1, -0.05) is 72.8 Å². The largest absolute Gasteiger partial charge is 0.524 e. The Balaban J connectivity index is 1.24. The number of alkyl carbamates (subject to hydrolysis) is 1. The van der Waals surface area contributed by atoms with Crippen molar-refractivity contribution in [2.45, 2.75) is 88.8 Å². The fourth-order valence-corrected chi connectivity index (χ4v) is 6.91. The summed E-state index contributed by atoms with van der Waals surface area (Å²) in [4.78, 5) is 86.8. The van der Waals surface area contributed by atoms with E-state index in [4.69, 9.17) is 14.5 Å². The maximum absolute atomic E-state index is 14.0. The lowest BCUT2D eigenvalue weighted by molar-refractivity contribution is -0.143. The Bertz CT molecular complexity index is 1790. The fourth-order valence-electron chi connectivity index (χ4n) is 6.51. The summed E-state index contributed by atoms with van der Waals surface area (Å²) >= 11 is 0. The Morgan fingerprint density at radius 3 is 2.15 bits per heavy atom. The lowest BCUT2D eigenvalue weighted by Crippen LogP contribution is -2.58. The van der Waals surface area contributed by atoms with Gasteiger partial charge >= 0.3 is 13.9 Å². The number of hydrogen-bond donors (Lipinski definition) is 6. The number of nitrogens with zero attached hydrogens (tertiary/aromatic N) is 1. The van der Waals surface area contributed by atoms with Crippen molar-refractivity contribution in [1.29, 1.82) is 0 Å². The quantitative estimate of drug-likeness (QED) is 0.133. The van der Waals surface area contributed by atoms with Gasteiger partial charge in [-0.25, -0.2) is 9.36 Å². The molecule has 2 saturated heterocycles. The molecule has 15 nitrogen and oxygen atoms in total. The molecule has 16 heteroatoms. The summed E-state index contributed by atoms with van der Waals surface area (Å²) in [6.45, 7) is 1.83. The number of hydrogen-bond acceptors (Lipinski definition) is 8. The van der Waals surface area contributed by atoms with E-state index in [2.05, 4.69) is 25.8 Å².